The molecule has 0 bridgehead atoms. The van der Waals surface area contributed by atoms with E-state index in [-0.39, 0.29) is 11.9 Å². The molecular weight excluding hydrogens is 224 g/mol. The van der Waals surface area contributed by atoms with Crippen molar-refractivity contribution < 1.29 is 4.92 Å². The minimum absolute atomic E-state index is 0.0565. The second-order valence-electron chi connectivity index (χ2n) is 3.68. The molecule has 2 aromatic heterocycles. The van der Waals surface area contributed by atoms with Crippen LogP contribution in [0.15, 0.2) is 18.2 Å². The topological polar surface area (TPSA) is 99.6 Å². The van der Waals surface area contributed by atoms with E-state index in [1.54, 1.807) is 16.8 Å². The molecule has 88 valence electrons. The fourth-order valence-corrected chi connectivity index (χ4v) is 1.36. The normalized spacial score (nSPS) is 10.8. The lowest BCUT2D eigenvalue weighted by molar-refractivity contribution is -0.389. The Morgan fingerprint density at radius 1 is 1.41 bits per heavy atom. The summed E-state index contributed by atoms with van der Waals surface area (Å²) >= 11 is 0. The standard InChI is InChI=1S/C9H10N6O2/c1-6(2)14-9(11-12-13-14)7-4-3-5-8(10-7)15(16)17/h3-6H,1-2H3. The summed E-state index contributed by atoms with van der Waals surface area (Å²) in [5.41, 5.74) is 0.387. The molecule has 0 N–H and O–H groups in total. The number of rotatable bonds is 3. The van der Waals surface area contributed by atoms with Crippen molar-refractivity contribution in [1.29, 1.82) is 0 Å². The molecule has 8 heteroatoms. The summed E-state index contributed by atoms with van der Waals surface area (Å²) in [5, 5.41) is 21.8. The summed E-state index contributed by atoms with van der Waals surface area (Å²) in [5.74, 6) is 0.199. The Labute approximate surface area is 96.4 Å². The third kappa shape index (κ3) is 2.10. The van der Waals surface area contributed by atoms with Gasteiger partial charge in [-0.25, -0.2) is 4.68 Å². The summed E-state index contributed by atoms with van der Waals surface area (Å²) in [7, 11) is 0. The average molecular weight is 234 g/mol. The fourth-order valence-electron chi connectivity index (χ4n) is 1.36. The zero-order valence-corrected chi connectivity index (χ0v) is 9.31. The summed E-state index contributed by atoms with van der Waals surface area (Å²) in [4.78, 5) is 14.0. The van der Waals surface area contributed by atoms with E-state index in [0.29, 0.717) is 11.5 Å². The third-order valence-corrected chi connectivity index (χ3v) is 2.13. The molecule has 0 saturated heterocycles. The molecule has 0 atom stereocenters. The minimum Gasteiger partial charge on any atom is -0.358 e. The first-order valence-corrected chi connectivity index (χ1v) is 4.99. The molecule has 0 unspecified atom stereocenters. The van der Waals surface area contributed by atoms with Gasteiger partial charge in [-0.2, -0.15) is 0 Å². The first-order chi connectivity index (χ1) is 8.09. The lowest BCUT2D eigenvalue weighted by atomic mass is 10.3. The van der Waals surface area contributed by atoms with E-state index in [1.165, 1.54) is 6.07 Å². The number of hydrogen-bond acceptors (Lipinski definition) is 6. The molecule has 0 aliphatic rings. The third-order valence-electron chi connectivity index (χ3n) is 2.13. The Hall–Kier alpha value is -2.38. The van der Waals surface area contributed by atoms with Gasteiger partial charge in [-0.15, -0.1) is 5.10 Å². The number of aromatic nitrogens is 5. The molecule has 2 heterocycles. The van der Waals surface area contributed by atoms with Crippen LogP contribution in [-0.4, -0.2) is 30.1 Å². The number of nitro groups is 1. The zero-order chi connectivity index (χ0) is 12.4. The molecule has 0 aromatic carbocycles. The van der Waals surface area contributed by atoms with Crippen LogP contribution >= 0.6 is 0 Å². The van der Waals surface area contributed by atoms with Crippen LogP contribution in [0.3, 0.4) is 0 Å². The highest BCUT2D eigenvalue weighted by atomic mass is 16.6. The van der Waals surface area contributed by atoms with E-state index < -0.39 is 4.92 Å². The predicted octanol–water partition coefficient (Wildman–Crippen LogP) is 1.22. The van der Waals surface area contributed by atoms with E-state index in [0.717, 1.165) is 0 Å². The van der Waals surface area contributed by atoms with Gasteiger partial charge >= 0.3 is 5.82 Å². The lowest BCUT2D eigenvalue weighted by Crippen LogP contribution is -2.06. The maximum Gasteiger partial charge on any atom is 0.364 e. The average Bonchev–Trinajstić information content (AvgIpc) is 2.78. The Bertz CT molecular complexity index is 550. The summed E-state index contributed by atoms with van der Waals surface area (Å²) in [6, 6.07) is 4.57. The molecule has 0 fully saturated rings. The van der Waals surface area contributed by atoms with Gasteiger partial charge < -0.3 is 10.1 Å². The number of hydrogen-bond donors (Lipinski definition) is 0. The van der Waals surface area contributed by atoms with Crippen molar-refractivity contribution in [2.45, 2.75) is 19.9 Å². The highest BCUT2D eigenvalue weighted by Crippen LogP contribution is 2.19. The summed E-state index contributed by atoms with van der Waals surface area (Å²) in [6.45, 7) is 3.83. The van der Waals surface area contributed by atoms with Crippen LogP contribution in [0, 0.1) is 10.1 Å². The van der Waals surface area contributed by atoms with Gasteiger partial charge in [0.15, 0.2) is 0 Å². The SMILES string of the molecule is CC(C)n1nnnc1-c1cccc([N+](=O)[O-])n1. The van der Waals surface area contributed by atoms with Gasteiger partial charge in [-0.3, -0.25) is 0 Å². The number of pyridine rings is 1. The van der Waals surface area contributed by atoms with Crippen LogP contribution in [0.5, 0.6) is 0 Å². The smallest absolute Gasteiger partial charge is 0.358 e. The molecule has 8 nitrogen and oxygen atoms in total. The van der Waals surface area contributed by atoms with E-state index >= 15 is 0 Å². The Morgan fingerprint density at radius 2 is 2.18 bits per heavy atom. The van der Waals surface area contributed by atoms with Gasteiger partial charge in [-0.05, 0) is 46.3 Å². The van der Waals surface area contributed by atoms with Gasteiger partial charge in [0.2, 0.25) is 11.5 Å². The van der Waals surface area contributed by atoms with Crippen LogP contribution in [-0.2, 0) is 0 Å². The van der Waals surface area contributed by atoms with Gasteiger partial charge in [0.05, 0.1) is 6.04 Å². The zero-order valence-electron chi connectivity index (χ0n) is 9.31. The quantitative estimate of drug-likeness (QED) is 0.584. The van der Waals surface area contributed by atoms with Crippen LogP contribution in [0.2, 0.25) is 0 Å². The second kappa shape index (κ2) is 4.24. The highest BCUT2D eigenvalue weighted by Gasteiger charge is 2.18. The minimum atomic E-state index is -0.549. The molecule has 0 aliphatic carbocycles. The molecule has 17 heavy (non-hydrogen) atoms. The molecule has 2 rings (SSSR count). The largest absolute Gasteiger partial charge is 0.364 e. The number of nitrogens with zero attached hydrogens (tertiary/aromatic N) is 6. The first kappa shape index (κ1) is 11.1. The monoisotopic (exact) mass is 234 g/mol. The van der Waals surface area contributed by atoms with Gasteiger partial charge in [0.25, 0.3) is 0 Å². The van der Waals surface area contributed by atoms with Crippen LogP contribution < -0.4 is 0 Å². The predicted molar refractivity (Wildman–Crippen MR) is 58.1 cm³/mol. The number of tetrazole rings is 1. The summed E-state index contributed by atoms with van der Waals surface area (Å²) < 4.78 is 1.56. The van der Waals surface area contributed by atoms with Crippen molar-refractivity contribution in [3.05, 3.63) is 28.3 Å². The Morgan fingerprint density at radius 3 is 2.82 bits per heavy atom. The molecule has 0 amide bonds. The van der Waals surface area contributed by atoms with E-state index in [2.05, 4.69) is 20.5 Å². The summed E-state index contributed by atoms with van der Waals surface area (Å²) in [6.07, 6.45) is 0. The van der Waals surface area contributed by atoms with E-state index in [1.807, 2.05) is 13.8 Å². The van der Waals surface area contributed by atoms with Gasteiger partial charge in [0, 0.05) is 6.07 Å². The van der Waals surface area contributed by atoms with Crippen LogP contribution in [0.1, 0.15) is 19.9 Å². The molecule has 2 aromatic rings. The maximum absolute atomic E-state index is 10.6. The van der Waals surface area contributed by atoms with Crippen LogP contribution in [0.25, 0.3) is 11.5 Å². The van der Waals surface area contributed by atoms with Crippen LogP contribution in [0.4, 0.5) is 5.82 Å². The Kier molecular flexibility index (Phi) is 2.77. The van der Waals surface area contributed by atoms with E-state index in [4.69, 9.17) is 0 Å². The molecule has 0 saturated carbocycles. The van der Waals surface area contributed by atoms with Crippen molar-refractivity contribution >= 4 is 5.82 Å². The van der Waals surface area contributed by atoms with Gasteiger partial charge in [0.1, 0.15) is 0 Å². The molecule has 0 spiro atoms. The van der Waals surface area contributed by atoms with Crippen molar-refractivity contribution in [2.24, 2.45) is 0 Å². The lowest BCUT2D eigenvalue weighted by Gasteiger charge is -2.04. The van der Waals surface area contributed by atoms with Crippen molar-refractivity contribution in [3.63, 3.8) is 0 Å². The van der Waals surface area contributed by atoms with Crippen molar-refractivity contribution in [1.82, 2.24) is 25.2 Å². The molecule has 0 aliphatic heterocycles. The van der Waals surface area contributed by atoms with Crippen molar-refractivity contribution in [2.75, 3.05) is 0 Å². The molecular formula is C9H10N6O2. The fraction of sp³-hybridized carbons (Fsp3) is 0.333. The Balaban J connectivity index is 2.49. The first-order valence-electron chi connectivity index (χ1n) is 4.99. The highest BCUT2D eigenvalue weighted by molar-refractivity contribution is 5.50. The van der Waals surface area contributed by atoms with E-state index in [9.17, 15) is 10.1 Å². The molecule has 0 radical (unpaired) electrons. The maximum atomic E-state index is 10.6. The second-order valence-corrected chi connectivity index (χ2v) is 3.68. The van der Waals surface area contributed by atoms with Crippen molar-refractivity contribution in [3.8, 4) is 11.5 Å². The van der Waals surface area contributed by atoms with Gasteiger partial charge in [-0.1, -0.05) is 0 Å².